The highest BCUT2D eigenvalue weighted by Gasteiger charge is 2.39. The van der Waals surface area contributed by atoms with Crippen molar-refractivity contribution in [2.45, 2.75) is 70.5 Å². The second-order valence-corrected chi connectivity index (χ2v) is 10.9. The minimum atomic E-state index is -4.31. The number of allylic oxidation sites excluding steroid dienone is 3. The summed E-state index contributed by atoms with van der Waals surface area (Å²) in [6.45, 7) is 10.0. The number of hydrogen-bond donors (Lipinski definition) is 2. The van der Waals surface area contributed by atoms with Crippen molar-refractivity contribution in [3.05, 3.63) is 53.6 Å². The van der Waals surface area contributed by atoms with Crippen LogP contribution in [0.1, 0.15) is 69.4 Å². The molecule has 0 saturated carbocycles. The highest BCUT2D eigenvalue weighted by Crippen LogP contribution is 2.45. The van der Waals surface area contributed by atoms with Gasteiger partial charge in [-0.1, -0.05) is 44.6 Å². The van der Waals surface area contributed by atoms with E-state index in [-0.39, 0.29) is 12.0 Å². The Kier molecular flexibility index (Phi) is 8.98. The third-order valence-corrected chi connectivity index (χ3v) is 8.31. The van der Waals surface area contributed by atoms with Crippen LogP contribution in [0.2, 0.25) is 0 Å². The quantitative estimate of drug-likeness (QED) is 0.372. The molecule has 3 nitrogen and oxygen atoms in total. The van der Waals surface area contributed by atoms with Crippen molar-refractivity contribution >= 4 is 5.69 Å². The second kappa shape index (κ2) is 12.0. The number of alkyl halides is 3. The molecule has 2 aliphatic heterocycles. The molecule has 2 N–H and O–H groups in total. The van der Waals surface area contributed by atoms with Gasteiger partial charge in [-0.05, 0) is 93.3 Å². The maximum atomic E-state index is 13.4. The van der Waals surface area contributed by atoms with Crippen molar-refractivity contribution in [2.24, 2.45) is 17.8 Å². The van der Waals surface area contributed by atoms with E-state index in [2.05, 4.69) is 53.7 Å². The van der Waals surface area contributed by atoms with Crippen LogP contribution in [0.25, 0.3) is 0 Å². The molecule has 1 aromatic carbocycles. The van der Waals surface area contributed by atoms with Crippen LogP contribution < -0.4 is 10.6 Å². The molecule has 3 aliphatic rings. The Hall–Kier alpha value is -1.79. The number of hydrogen-bond acceptors (Lipinski definition) is 3. The topological polar surface area (TPSA) is 27.3 Å². The number of piperidine rings is 1. The molecule has 0 radical (unpaired) electrons. The van der Waals surface area contributed by atoms with Crippen LogP contribution >= 0.6 is 0 Å². The van der Waals surface area contributed by atoms with Crippen LogP contribution in [0.3, 0.4) is 0 Å². The van der Waals surface area contributed by atoms with Gasteiger partial charge < -0.3 is 15.5 Å². The van der Waals surface area contributed by atoms with Crippen molar-refractivity contribution < 1.29 is 13.2 Å². The average Bonchev–Trinajstić information content (AvgIpc) is 2.86. The maximum absolute atomic E-state index is 13.4. The van der Waals surface area contributed by atoms with E-state index >= 15 is 0 Å². The predicted molar refractivity (Wildman–Crippen MR) is 139 cm³/mol. The minimum Gasteiger partial charge on any atom is -0.381 e. The lowest BCUT2D eigenvalue weighted by atomic mass is 9.70. The van der Waals surface area contributed by atoms with Crippen LogP contribution in [0, 0.1) is 17.8 Å². The fraction of sp³-hybridized carbons (Fsp3) is 0.655. The van der Waals surface area contributed by atoms with E-state index in [0.29, 0.717) is 17.8 Å². The average molecular weight is 490 g/mol. The Morgan fingerprint density at radius 1 is 1.14 bits per heavy atom. The van der Waals surface area contributed by atoms with Crippen molar-refractivity contribution in [1.29, 1.82) is 0 Å². The van der Waals surface area contributed by atoms with Gasteiger partial charge in [-0.3, -0.25) is 0 Å². The Bertz CT molecular complexity index is 872. The second-order valence-electron chi connectivity index (χ2n) is 10.9. The van der Waals surface area contributed by atoms with Crippen molar-refractivity contribution in [1.82, 2.24) is 10.2 Å². The summed E-state index contributed by atoms with van der Waals surface area (Å²) in [5, 5.41) is 7.31. The van der Waals surface area contributed by atoms with E-state index in [9.17, 15) is 13.2 Å². The summed E-state index contributed by atoms with van der Waals surface area (Å²) in [7, 11) is 0. The number of rotatable bonds is 9. The SMILES string of the molecule is C[C@H](CC[C@@H]1[C@H](C)c2cc(C(F)(F)F)ccc2N[C@H]1C1C=CC=CC1)CNCCN1CCCCC1. The van der Waals surface area contributed by atoms with Gasteiger partial charge in [0.2, 0.25) is 0 Å². The summed E-state index contributed by atoms with van der Waals surface area (Å²) in [4.78, 5) is 2.56. The molecule has 194 valence electrons. The molecule has 35 heavy (non-hydrogen) atoms. The van der Waals surface area contributed by atoms with Crippen LogP contribution in [0.15, 0.2) is 42.5 Å². The molecule has 5 atom stereocenters. The fourth-order valence-corrected chi connectivity index (χ4v) is 6.14. The molecule has 0 amide bonds. The van der Waals surface area contributed by atoms with Crippen molar-refractivity contribution in [2.75, 3.05) is 38.0 Å². The molecule has 0 bridgehead atoms. The first-order valence-electron chi connectivity index (χ1n) is 13.6. The first-order valence-corrected chi connectivity index (χ1v) is 13.6. The lowest BCUT2D eigenvalue weighted by molar-refractivity contribution is -0.137. The van der Waals surface area contributed by atoms with Crippen LogP contribution in [0.5, 0.6) is 0 Å². The number of nitrogens with one attached hydrogen (secondary N) is 2. The molecule has 1 aromatic rings. The van der Waals surface area contributed by atoms with Crippen molar-refractivity contribution in [3.63, 3.8) is 0 Å². The molecule has 0 spiro atoms. The highest BCUT2D eigenvalue weighted by molar-refractivity contribution is 5.58. The van der Waals surface area contributed by atoms with E-state index in [4.69, 9.17) is 0 Å². The van der Waals surface area contributed by atoms with E-state index in [1.54, 1.807) is 6.07 Å². The van der Waals surface area contributed by atoms with Gasteiger partial charge in [0, 0.05) is 30.7 Å². The van der Waals surface area contributed by atoms with Crippen molar-refractivity contribution in [3.8, 4) is 0 Å². The third kappa shape index (κ3) is 6.91. The Balaban J connectivity index is 1.37. The molecule has 1 fully saturated rings. The molecule has 1 aliphatic carbocycles. The Morgan fingerprint density at radius 3 is 2.66 bits per heavy atom. The largest absolute Gasteiger partial charge is 0.416 e. The van der Waals surface area contributed by atoms with E-state index in [1.807, 2.05) is 0 Å². The minimum absolute atomic E-state index is 0.0807. The summed E-state index contributed by atoms with van der Waals surface area (Å²) in [6.07, 6.45) is 11.4. The molecule has 4 rings (SSSR count). The molecule has 2 heterocycles. The molecule has 1 saturated heterocycles. The number of benzene rings is 1. The number of nitrogens with zero attached hydrogens (tertiary/aromatic N) is 1. The molecule has 0 aromatic heterocycles. The number of halogens is 3. The standard InChI is InChI=1S/C29H42F3N3/c1-21(20-33-15-18-35-16-7-4-8-17-35)11-13-25-22(2)26-19-24(29(30,31)32)12-14-27(26)34-28(25)23-9-5-3-6-10-23/h3,5-6,9,12,14,19,21-23,25,28,33-34H,4,7-8,10-11,13,15-18,20H2,1-2H3/t21-,22+,23?,25-,28+/m1/s1. The van der Waals surface area contributed by atoms with Gasteiger partial charge in [0.1, 0.15) is 0 Å². The lowest BCUT2D eigenvalue weighted by Crippen LogP contribution is -2.42. The zero-order valence-corrected chi connectivity index (χ0v) is 21.3. The zero-order valence-electron chi connectivity index (χ0n) is 21.3. The molecular formula is C29H42F3N3. The first-order chi connectivity index (χ1) is 16.8. The fourth-order valence-electron chi connectivity index (χ4n) is 6.14. The van der Waals surface area contributed by atoms with Gasteiger partial charge in [0.05, 0.1) is 5.56 Å². The highest BCUT2D eigenvalue weighted by atomic mass is 19.4. The summed E-state index contributed by atoms with van der Waals surface area (Å²) in [6, 6.07) is 4.45. The molecular weight excluding hydrogens is 447 g/mol. The zero-order chi connectivity index (χ0) is 24.8. The monoisotopic (exact) mass is 489 g/mol. The van der Waals surface area contributed by atoms with E-state index in [0.717, 1.165) is 50.1 Å². The molecule has 6 heteroatoms. The number of anilines is 1. The van der Waals surface area contributed by atoms with Gasteiger partial charge in [0.25, 0.3) is 0 Å². The van der Waals surface area contributed by atoms with Gasteiger partial charge in [0.15, 0.2) is 0 Å². The van der Waals surface area contributed by atoms with Crippen LogP contribution in [-0.4, -0.2) is 43.7 Å². The Labute approximate surface area is 209 Å². The normalized spacial score (nSPS) is 27.9. The third-order valence-electron chi connectivity index (χ3n) is 8.31. The van der Waals surface area contributed by atoms with E-state index in [1.165, 1.54) is 44.5 Å². The van der Waals surface area contributed by atoms with Gasteiger partial charge in [-0.25, -0.2) is 0 Å². The van der Waals surface area contributed by atoms with Gasteiger partial charge >= 0.3 is 6.18 Å². The molecule has 1 unspecified atom stereocenters. The summed E-state index contributed by atoms with van der Waals surface area (Å²) < 4.78 is 40.3. The number of likely N-dealkylation sites (tertiary alicyclic amines) is 1. The lowest BCUT2D eigenvalue weighted by Gasteiger charge is -2.43. The van der Waals surface area contributed by atoms with Crippen LogP contribution in [-0.2, 0) is 6.18 Å². The van der Waals surface area contributed by atoms with Gasteiger partial charge in [-0.15, -0.1) is 0 Å². The number of fused-ring (bicyclic) bond motifs is 1. The predicted octanol–water partition coefficient (Wildman–Crippen LogP) is 6.84. The summed E-state index contributed by atoms with van der Waals surface area (Å²) >= 11 is 0. The van der Waals surface area contributed by atoms with Gasteiger partial charge in [-0.2, -0.15) is 13.2 Å². The maximum Gasteiger partial charge on any atom is 0.416 e. The summed E-state index contributed by atoms with van der Waals surface area (Å²) in [5.41, 5.74) is 1.12. The first kappa shape index (κ1) is 26.3. The Morgan fingerprint density at radius 2 is 1.94 bits per heavy atom. The smallest absolute Gasteiger partial charge is 0.381 e. The summed E-state index contributed by atoms with van der Waals surface area (Å²) in [5.74, 6) is 1.27. The van der Waals surface area contributed by atoms with E-state index < -0.39 is 11.7 Å². The van der Waals surface area contributed by atoms with Crippen LogP contribution in [0.4, 0.5) is 18.9 Å².